The number of halogens is 2. The van der Waals surface area contributed by atoms with E-state index >= 15 is 0 Å². The molecule has 3 N–H and O–H groups in total. The average molecular weight is 387 g/mol. The number of nitrogen functional groups attached to an aromatic ring is 1. The molecule has 3 aromatic rings. The Kier molecular flexibility index (Phi) is 5.66. The van der Waals surface area contributed by atoms with Crippen molar-refractivity contribution in [1.82, 2.24) is 0 Å². The zero-order chi connectivity index (χ0) is 18.5. The first-order valence-electron chi connectivity index (χ1n) is 7.85. The van der Waals surface area contributed by atoms with Crippen LogP contribution >= 0.6 is 23.2 Å². The van der Waals surface area contributed by atoms with Gasteiger partial charge in [0.25, 0.3) is 5.91 Å². The summed E-state index contributed by atoms with van der Waals surface area (Å²) < 4.78 is 5.76. The quantitative estimate of drug-likeness (QED) is 0.576. The zero-order valence-corrected chi connectivity index (χ0v) is 15.2. The van der Waals surface area contributed by atoms with Gasteiger partial charge in [-0.1, -0.05) is 59.6 Å². The first kappa shape index (κ1) is 18.1. The lowest BCUT2D eigenvalue weighted by atomic mass is 10.1. The highest BCUT2D eigenvalue weighted by Crippen LogP contribution is 2.28. The molecular weight excluding hydrogens is 371 g/mol. The maximum atomic E-state index is 12.5. The number of anilines is 2. The minimum absolute atomic E-state index is 0.187. The molecule has 0 aromatic heterocycles. The molecule has 0 bridgehead atoms. The first-order valence-corrected chi connectivity index (χ1v) is 8.61. The van der Waals surface area contributed by atoms with Gasteiger partial charge in [-0.2, -0.15) is 0 Å². The molecule has 3 aromatic carbocycles. The Bertz CT molecular complexity index is 907. The van der Waals surface area contributed by atoms with Crippen molar-refractivity contribution < 1.29 is 9.53 Å². The van der Waals surface area contributed by atoms with E-state index in [1.54, 1.807) is 18.2 Å². The summed E-state index contributed by atoms with van der Waals surface area (Å²) in [6.45, 7) is 0.439. The third-order valence-electron chi connectivity index (χ3n) is 3.65. The van der Waals surface area contributed by atoms with Gasteiger partial charge in [-0.25, -0.2) is 0 Å². The van der Waals surface area contributed by atoms with E-state index in [-0.39, 0.29) is 16.3 Å². The van der Waals surface area contributed by atoms with E-state index in [1.807, 2.05) is 36.4 Å². The molecule has 0 unspecified atom stereocenters. The predicted octanol–water partition coefficient (Wildman–Crippen LogP) is 5.41. The summed E-state index contributed by atoms with van der Waals surface area (Å²) in [5.41, 5.74) is 7.90. The van der Waals surface area contributed by atoms with Crippen LogP contribution in [0.2, 0.25) is 10.0 Å². The smallest absolute Gasteiger partial charge is 0.259 e. The molecule has 26 heavy (non-hydrogen) atoms. The summed E-state index contributed by atoms with van der Waals surface area (Å²) in [5.74, 6) is 0.228. The van der Waals surface area contributed by atoms with Gasteiger partial charge in [-0.05, 0) is 29.8 Å². The molecule has 0 saturated carbocycles. The number of carbonyl (C=O) groups excluding carboxylic acids is 1. The van der Waals surface area contributed by atoms with Crippen LogP contribution in [-0.2, 0) is 6.61 Å². The monoisotopic (exact) mass is 386 g/mol. The number of hydrogen-bond acceptors (Lipinski definition) is 3. The van der Waals surface area contributed by atoms with E-state index in [1.165, 1.54) is 12.1 Å². The van der Waals surface area contributed by atoms with Crippen LogP contribution in [0.15, 0.2) is 66.7 Å². The van der Waals surface area contributed by atoms with Crippen LogP contribution in [0.25, 0.3) is 0 Å². The van der Waals surface area contributed by atoms with Crippen molar-refractivity contribution in [2.45, 2.75) is 6.61 Å². The van der Waals surface area contributed by atoms with E-state index in [9.17, 15) is 4.79 Å². The molecule has 0 aliphatic rings. The predicted molar refractivity (Wildman–Crippen MR) is 106 cm³/mol. The Morgan fingerprint density at radius 2 is 1.77 bits per heavy atom. The molecule has 0 spiro atoms. The molecular formula is C20H16Cl2N2O2. The number of nitrogens with one attached hydrogen (secondary N) is 1. The molecule has 0 atom stereocenters. The minimum atomic E-state index is -0.413. The first-order chi connectivity index (χ1) is 12.5. The second-order valence-electron chi connectivity index (χ2n) is 5.61. The second-order valence-corrected chi connectivity index (χ2v) is 6.45. The minimum Gasteiger partial charge on any atom is -0.489 e. The molecule has 3 rings (SSSR count). The van der Waals surface area contributed by atoms with Gasteiger partial charge in [0.05, 0.1) is 10.6 Å². The van der Waals surface area contributed by atoms with Crippen molar-refractivity contribution >= 4 is 40.5 Å². The number of benzene rings is 3. The fourth-order valence-electron chi connectivity index (χ4n) is 2.43. The average Bonchev–Trinajstić information content (AvgIpc) is 2.60. The zero-order valence-electron chi connectivity index (χ0n) is 13.7. The number of carbonyl (C=O) groups is 1. The highest BCUT2D eigenvalue weighted by molar-refractivity contribution is 6.38. The third-order valence-corrected chi connectivity index (χ3v) is 4.17. The molecule has 1 amide bonds. The lowest BCUT2D eigenvalue weighted by Crippen LogP contribution is -2.14. The summed E-state index contributed by atoms with van der Waals surface area (Å²) in [5, 5.41) is 3.34. The van der Waals surface area contributed by atoms with Gasteiger partial charge in [-0.3, -0.25) is 4.79 Å². The van der Waals surface area contributed by atoms with Crippen molar-refractivity contribution in [3.63, 3.8) is 0 Å². The third kappa shape index (κ3) is 4.48. The van der Waals surface area contributed by atoms with Crippen LogP contribution < -0.4 is 15.8 Å². The van der Waals surface area contributed by atoms with E-state index in [0.29, 0.717) is 23.1 Å². The fraction of sp³-hybridized carbons (Fsp3) is 0.0500. The molecule has 0 aliphatic heterocycles. The van der Waals surface area contributed by atoms with Gasteiger partial charge in [0.1, 0.15) is 12.4 Å². The van der Waals surface area contributed by atoms with E-state index in [0.717, 1.165) is 5.56 Å². The van der Waals surface area contributed by atoms with Crippen LogP contribution in [0.5, 0.6) is 5.75 Å². The SMILES string of the molecule is Nc1cc(Cl)cc(Cl)c1C(=O)Nc1cccc(OCc2ccccc2)c1. The van der Waals surface area contributed by atoms with Crippen LogP contribution in [0.1, 0.15) is 15.9 Å². The van der Waals surface area contributed by atoms with Gasteiger partial charge in [0.15, 0.2) is 0 Å². The van der Waals surface area contributed by atoms with Crippen LogP contribution in [0, 0.1) is 0 Å². The normalized spacial score (nSPS) is 10.4. The Hall–Kier alpha value is -2.69. The Balaban J connectivity index is 1.71. The number of ether oxygens (including phenoxy) is 1. The van der Waals surface area contributed by atoms with E-state index in [2.05, 4.69) is 5.32 Å². The summed E-state index contributed by atoms with van der Waals surface area (Å²) in [6, 6.07) is 19.9. The van der Waals surface area contributed by atoms with Crippen molar-refractivity contribution in [3.05, 3.63) is 87.9 Å². The molecule has 0 aliphatic carbocycles. The van der Waals surface area contributed by atoms with Gasteiger partial charge in [0.2, 0.25) is 0 Å². The molecule has 0 fully saturated rings. The number of nitrogens with two attached hydrogens (primary N) is 1. The van der Waals surface area contributed by atoms with E-state index in [4.69, 9.17) is 33.7 Å². The van der Waals surface area contributed by atoms with E-state index < -0.39 is 5.91 Å². The molecule has 0 heterocycles. The Morgan fingerprint density at radius 3 is 2.50 bits per heavy atom. The van der Waals surface area contributed by atoms with Crippen LogP contribution in [0.4, 0.5) is 11.4 Å². The lowest BCUT2D eigenvalue weighted by Gasteiger charge is -2.11. The number of hydrogen-bond donors (Lipinski definition) is 2. The van der Waals surface area contributed by atoms with Gasteiger partial charge in [0, 0.05) is 22.5 Å². The number of rotatable bonds is 5. The van der Waals surface area contributed by atoms with Crippen molar-refractivity contribution in [1.29, 1.82) is 0 Å². The van der Waals surface area contributed by atoms with Crippen LogP contribution in [-0.4, -0.2) is 5.91 Å². The molecule has 0 saturated heterocycles. The fourth-order valence-corrected chi connectivity index (χ4v) is 3.03. The molecule has 4 nitrogen and oxygen atoms in total. The summed E-state index contributed by atoms with van der Waals surface area (Å²) in [4.78, 5) is 12.5. The summed E-state index contributed by atoms with van der Waals surface area (Å²) in [7, 11) is 0. The molecule has 132 valence electrons. The maximum Gasteiger partial charge on any atom is 0.259 e. The maximum absolute atomic E-state index is 12.5. The standard InChI is InChI=1S/C20H16Cl2N2O2/c21-14-9-17(22)19(18(23)10-14)20(25)24-15-7-4-8-16(11-15)26-12-13-5-2-1-3-6-13/h1-11H,12,23H2,(H,24,25). The Morgan fingerprint density at radius 1 is 1.00 bits per heavy atom. The number of amides is 1. The second kappa shape index (κ2) is 8.13. The topological polar surface area (TPSA) is 64.4 Å². The molecule has 0 radical (unpaired) electrons. The van der Waals surface area contributed by atoms with Crippen molar-refractivity contribution in [3.8, 4) is 5.75 Å². The van der Waals surface area contributed by atoms with Gasteiger partial charge >= 0.3 is 0 Å². The van der Waals surface area contributed by atoms with Crippen LogP contribution in [0.3, 0.4) is 0 Å². The van der Waals surface area contributed by atoms with Gasteiger partial charge < -0.3 is 15.8 Å². The summed E-state index contributed by atoms with van der Waals surface area (Å²) in [6.07, 6.45) is 0. The summed E-state index contributed by atoms with van der Waals surface area (Å²) >= 11 is 12.0. The van der Waals surface area contributed by atoms with Crippen molar-refractivity contribution in [2.75, 3.05) is 11.1 Å². The van der Waals surface area contributed by atoms with Crippen molar-refractivity contribution in [2.24, 2.45) is 0 Å². The highest BCUT2D eigenvalue weighted by atomic mass is 35.5. The molecule has 6 heteroatoms. The lowest BCUT2D eigenvalue weighted by molar-refractivity contribution is 0.102. The van der Waals surface area contributed by atoms with Gasteiger partial charge in [-0.15, -0.1) is 0 Å². The Labute approximate surface area is 161 Å². The largest absolute Gasteiger partial charge is 0.489 e. The highest BCUT2D eigenvalue weighted by Gasteiger charge is 2.15.